The van der Waals surface area contributed by atoms with E-state index in [0.717, 1.165) is 23.1 Å². The first-order chi connectivity index (χ1) is 6.45. The van der Waals surface area contributed by atoms with Crippen LogP contribution < -0.4 is 0 Å². The van der Waals surface area contributed by atoms with Crippen molar-refractivity contribution in [3.05, 3.63) is 30.1 Å². The molecule has 0 unspecified atom stereocenters. The SMILES string of the molecule is c1cnc2c3c(ncc2c1)SCC3. The average molecular weight is 188 g/mol. The van der Waals surface area contributed by atoms with Crippen molar-refractivity contribution in [2.75, 3.05) is 5.75 Å². The normalized spacial score (nSPS) is 14.8. The van der Waals surface area contributed by atoms with E-state index in [-0.39, 0.29) is 0 Å². The molecule has 0 aliphatic carbocycles. The van der Waals surface area contributed by atoms with Gasteiger partial charge in [0.1, 0.15) is 5.03 Å². The quantitative estimate of drug-likeness (QED) is 0.634. The molecular formula is C10H8N2S. The van der Waals surface area contributed by atoms with Gasteiger partial charge in [-0.3, -0.25) is 4.98 Å². The number of pyridine rings is 2. The molecule has 2 nitrogen and oxygen atoms in total. The summed E-state index contributed by atoms with van der Waals surface area (Å²) < 4.78 is 0. The fraction of sp³-hybridized carbons (Fsp3) is 0.200. The van der Waals surface area contributed by atoms with Gasteiger partial charge in [0.25, 0.3) is 0 Å². The number of thioether (sulfide) groups is 1. The summed E-state index contributed by atoms with van der Waals surface area (Å²) in [7, 11) is 0. The summed E-state index contributed by atoms with van der Waals surface area (Å²) in [6, 6.07) is 4.02. The number of nitrogens with zero attached hydrogens (tertiary/aromatic N) is 2. The lowest BCUT2D eigenvalue weighted by atomic mass is 10.1. The minimum Gasteiger partial charge on any atom is -0.256 e. The van der Waals surface area contributed by atoms with E-state index in [9.17, 15) is 0 Å². The molecule has 0 spiro atoms. The number of aryl methyl sites for hydroxylation is 1. The van der Waals surface area contributed by atoms with Gasteiger partial charge < -0.3 is 0 Å². The van der Waals surface area contributed by atoms with Gasteiger partial charge in [0.2, 0.25) is 0 Å². The smallest absolute Gasteiger partial charge is 0.101 e. The van der Waals surface area contributed by atoms with Crippen LogP contribution in [0, 0.1) is 0 Å². The van der Waals surface area contributed by atoms with Gasteiger partial charge >= 0.3 is 0 Å². The molecule has 3 heterocycles. The van der Waals surface area contributed by atoms with Crippen LogP contribution in [0.15, 0.2) is 29.6 Å². The Morgan fingerprint density at radius 1 is 1.31 bits per heavy atom. The summed E-state index contributed by atoms with van der Waals surface area (Å²) in [6.07, 6.45) is 4.88. The average Bonchev–Trinajstić information content (AvgIpc) is 2.65. The van der Waals surface area contributed by atoms with Crippen LogP contribution in [-0.2, 0) is 6.42 Å². The van der Waals surface area contributed by atoms with Crippen LogP contribution in [0.25, 0.3) is 10.9 Å². The largest absolute Gasteiger partial charge is 0.256 e. The van der Waals surface area contributed by atoms with Gasteiger partial charge in [-0.1, -0.05) is 0 Å². The van der Waals surface area contributed by atoms with Crippen LogP contribution in [0.3, 0.4) is 0 Å². The van der Waals surface area contributed by atoms with Crippen molar-refractivity contribution in [1.29, 1.82) is 0 Å². The Bertz CT molecular complexity index is 467. The highest BCUT2D eigenvalue weighted by Crippen LogP contribution is 2.32. The topological polar surface area (TPSA) is 25.8 Å². The third kappa shape index (κ3) is 1.04. The first-order valence-electron chi connectivity index (χ1n) is 4.30. The minimum atomic E-state index is 1.11. The van der Waals surface area contributed by atoms with Crippen LogP contribution in [0.1, 0.15) is 5.56 Å². The fourth-order valence-corrected chi connectivity index (χ4v) is 2.68. The van der Waals surface area contributed by atoms with Crippen molar-refractivity contribution in [3.8, 4) is 0 Å². The molecule has 0 radical (unpaired) electrons. The molecule has 64 valence electrons. The molecule has 0 N–H and O–H groups in total. The molecule has 1 aliphatic rings. The molecule has 0 bridgehead atoms. The molecule has 1 aliphatic heterocycles. The molecule has 0 fully saturated rings. The maximum Gasteiger partial charge on any atom is 0.101 e. The Labute approximate surface area is 80.4 Å². The highest BCUT2D eigenvalue weighted by atomic mass is 32.2. The molecule has 2 aromatic rings. The van der Waals surface area contributed by atoms with Crippen LogP contribution in [0.5, 0.6) is 0 Å². The lowest BCUT2D eigenvalue weighted by Gasteiger charge is -2.01. The molecule has 3 rings (SSSR count). The van der Waals surface area contributed by atoms with E-state index in [2.05, 4.69) is 16.0 Å². The second-order valence-electron chi connectivity index (χ2n) is 3.08. The molecule has 2 aromatic heterocycles. The van der Waals surface area contributed by atoms with Crippen molar-refractivity contribution in [2.45, 2.75) is 11.4 Å². The van der Waals surface area contributed by atoms with Crippen LogP contribution in [-0.4, -0.2) is 15.7 Å². The van der Waals surface area contributed by atoms with Gasteiger partial charge in [-0.25, -0.2) is 4.98 Å². The van der Waals surface area contributed by atoms with E-state index < -0.39 is 0 Å². The molecule has 0 aromatic carbocycles. The Balaban J connectivity index is 2.43. The number of hydrogen-bond acceptors (Lipinski definition) is 3. The standard InChI is InChI=1S/C10H8N2S/c1-2-7-6-12-10-8(3-5-13-10)9(7)11-4-1/h1-2,4,6H,3,5H2. The molecule has 3 heteroatoms. The monoisotopic (exact) mass is 188 g/mol. The van der Waals surface area contributed by atoms with E-state index >= 15 is 0 Å². The van der Waals surface area contributed by atoms with Gasteiger partial charge in [0.05, 0.1) is 5.52 Å². The van der Waals surface area contributed by atoms with Crippen molar-refractivity contribution >= 4 is 22.7 Å². The maximum absolute atomic E-state index is 4.41. The highest BCUT2D eigenvalue weighted by molar-refractivity contribution is 7.99. The fourth-order valence-electron chi connectivity index (χ4n) is 1.68. The third-order valence-electron chi connectivity index (χ3n) is 2.29. The van der Waals surface area contributed by atoms with E-state index in [1.165, 1.54) is 10.6 Å². The molecule has 13 heavy (non-hydrogen) atoms. The van der Waals surface area contributed by atoms with E-state index in [4.69, 9.17) is 0 Å². The number of rotatable bonds is 0. The van der Waals surface area contributed by atoms with Crippen LogP contribution in [0.2, 0.25) is 0 Å². The third-order valence-corrected chi connectivity index (χ3v) is 3.33. The molecule has 0 atom stereocenters. The summed E-state index contributed by atoms with van der Waals surface area (Å²) in [6.45, 7) is 0. The molecule has 0 saturated heterocycles. The number of fused-ring (bicyclic) bond motifs is 3. The van der Waals surface area contributed by atoms with E-state index in [1.54, 1.807) is 0 Å². The molecule has 0 saturated carbocycles. The van der Waals surface area contributed by atoms with Gasteiger partial charge in [-0.2, -0.15) is 0 Å². The predicted molar refractivity (Wildman–Crippen MR) is 54.0 cm³/mol. The lowest BCUT2D eigenvalue weighted by molar-refractivity contribution is 1.06. The lowest BCUT2D eigenvalue weighted by Crippen LogP contribution is -1.89. The molecule has 0 amide bonds. The maximum atomic E-state index is 4.41. The first kappa shape index (κ1) is 7.33. The Morgan fingerprint density at radius 3 is 3.31 bits per heavy atom. The van der Waals surface area contributed by atoms with E-state index in [1.807, 2.05) is 30.2 Å². The Hall–Kier alpha value is -1.09. The summed E-state index contributed by atoms with van der Waals surface area (Å²) in [5, 5.41) is 2.33. The summed E-state index contributed by atoms with van der Waals surface area (Å²) in [5.74, 6) is 1.15. The highest BCUT2D eigenvalue weighted by Gasteiger charge is 2.15. The number of aromatic nitrogens is 2. The Kier molecular flexibility index (Phi) is 1.52. The zero-order valence-corrected chi connectivity index (χ0v) is 7.84. The van der Waals surface area contributed by atoms with E-state index in [0.29, 0.717) is 0 Å². The van der Waals surface area contributed by atoms with Crippen molar-refractivity contribution in [2.24, 2.45) is 0 Å². The van der Waals surface area contributed by atoms with Crippen LogP contribution in [0.4, 0.5) is 0 Å². The molecular weight excluding hydrogens is 180 g/mol. The summed E-state index contributed by atoms with van der Waals surface area (Å²) in [5.41, 5.74) is 2.47. The van der Waals surface area contributed by atoms with Crippen molar-refractivity contribution < 1.29 is 0 Å². The summed E-state index contributed by atoms with van der Waals surface area (Å²) in [4.78, 5) is 8.81. The van der Waals surface area contributed by atoms with Gasteiger partial charge in [-0.15, -0.1) is 11.8 Å². The Morgan fingerprint density at radius 2 is 2.31 bits per heavy atom. The van der Waals surface area contributed by atoms with Crippen molar-refractivity contribution in [1.82, 2.24) is 9.97 Å². The van der Waals surface area contributed by atoms with Crippen LogP contribution >= 0.6 is 11.8 Å². The van der Waals surface area contributed by atoms with Crippen molar-refractivity contribution in [3.63, 3.8) is 0 Å². The number of hydrogen-bond donors (Lipinski definition) is 0. The summed E-state index contributed by atoms with van der Waals surface area (Å²) >= 11 is 1.83. The zero-order valence-electron chi connectivity index (χ0n) is 7.03. The zero-order chi connectivity index (χ0) is 8.67. The van der Waals surface area contributed by atoms with Gasteiger partial charge in [-0.05, 0) is 18.6 Å². The first-order valence-corrected chi connectivity index (χ1v) is 5.29. The van der Waals surface area contributed by atoms with Gasteiger partial charge in [0, 0.05) is 29.1 Å². The predicted octanol–water partition coefficient (Wildman–Crippen LogP) is 2.28. The second kappa shape index (κ2) is 2.70. The van der Waals surface area contributed by atoms with Gasteiger partial charge in [0.15, 0.2) is 0 Å². The second-order valence-corrected chi connectivity index (χ2v) is 4.17. The minimum absolute atomic E-state index is 1.11.